The monoisotopic (exact) mass is 320 g/mol. The van der Waals surface area contributed by atoms with Crippen LogP contribution in [0.25, 0.3) is 0 Å². The fourth-order valence-corrected chi connectivity index (χ4v) is 3.38. The highest BCUT2D eigenvalue weighted by Crippen LogP contribution is 2.28. The van der Waals surface area contributed by atoms with Crippen molar-refractivity contribution in [1.29, 1.82) is 0 Å². The van der Waals surface area contributed by atoms with Gasteiger partial charge >= 0.3 is 5.97 Å². The second-order valence-corrected chi connectivity index (χ2v) is 6.27. The summed E-state index contributed by atoms with van der Waals surface area (Å²) in [4.78, 5) is 19.9. The van der Waals surface area contributed by atoms with Gasteiger partial charge in [-0.2, -0.15) is 4.31 Å². The van der Waals surface area contributed by atoms with Crippen molar-refractivity contribution in [3.05, 3.63) is 34.1 Å². The first-order valence-electron chi connectivity index (χ1n) is 5.75. The topological polar surface area (TPSA) is 118 Å². The molecule has 1 aromatic rings. The summed E-state index contributed by atoms with van der Waals surface area (Å²) < 4.78 is 38.4. The first-order valence-corrected chi connectivity index (χ1v) is 7.19. The van der Waals surface area contributed by atoms with E-state index in [4.69, 9.17) is 5.11 Å². The number of nitro benzene ring substituents is 1. The van der Waals surface area contributed by atoms with E-state index in [9.17, 15) is 27.7 Å². The highest BCUT2D eigenvalue weighted by molar-refractivity contribution is 7.89. The van der Waals surface area contributed by atoms with Crippen LogP contribution in [0, 0.1) is 15.9 Å². The fraction of sp³-hybridized carbons (Fsp3) is 0.364. The van der Waals surface area contributed by atoms with Crippen molar-refractivity contribution in [1.82, 2.24) is 4.31 Å². The molecule has 0 unspecified atom stereocenters. The van der Waals surface area contributed by atoms with Crippen LogP contribution < -0.4 is 0 Å². The number of hydrogen-bond donors (Lipinski definition) is 1. The van der Waals surface area contributed by atoms with Crippen LogP contribution in [-0.4, -0.2) is 41.3 Å². The number of rotatable bonds is 6. The maximum Gasteiger partial charge on any atom is 0.318 e. The molecule has 0 saturated carbocycles. The van der Waals surface area contributed by atoms with E-state index in [1.807, 2.05) is 0 Å². The van der Waals surface area contributed by atoms with Crippen LogP contribution in [0.15, 0.2) is 23.1 Å². The Morgan fingerprint density at radius 3 is 2.48 bits per heavy atom. The van der Waals surface area contributed by atoms with Gasteiger partial charge in [-0.05, 0) is 26.0 Å². The minimum absolute atomic E-state index is 0.478. The summed E-state index contributed by atoms with van der Waals surface area (Å²) in [6, 6.07) is 1.25. The van der Waals surface area contributed by atoms with Crippen molar-refractivity contribution in [3.63, 3.8) is 0 Å². The fourth-order valence-electron chi connectivity index (χ4n) is 1.66. The quantitative estimate of drug-likeness (QED) is 0.622. The van der Waals surface area contributed by atoms with Gasteiger partial charge in [-0.3, -0.25) is 14.9 Å². The van der Waals surface area contributed by atoms with E-state index in [0.29, 0.717) is 10.4 Å². The van der Waals surface area contributed by atoms with Crippen LogP contribution in [0.5, 0.6) is 0 Å². The third kappa shape index (κ3) is 3.73. The lowest BCUT2D eigenvalue weighted by Gasteiger charge is -2.23. The lowest BCUT2D eigenvalue weighted by atomic mass is 10.3. The minimum Gasteiger partial charge on any atom is -0.480 e. The molecule has 0 atom stereocenters. The molecular formula is C11H13FN2O6S. The van der Waals surface area contributed by atoms with Crippen LogP contribution >= 0.6 is 0 Å². The lowest BCUT2D eigenvalue weighted by Crippen LogP contribution is -2.40. The number of carbonyl (C=O) groups is 1. The molecule has 0 amide bonds. The van der Waals surface area contributed by atoms with Crippen molar-refractivity contribution in [3.8, 4) is 0 Å². The second kappa shape index (κ2) is 6.14. The predicted octanol–water partition coefficient (Wildman–Crippen LogP) is 1.22. The van der Waals surface area contributed by atoms with Crippen molar-refractivity contribution in [2.45, 2.75) is 24.8 Å². The minimum atomic E-state index is -4.44. The molecule has 0 aliphatic carbocycles. The van der Waals surface area contributed by atoms with Crippen molar-refractivity contribution in [2.75, 3.05) is 6.54 Å². The molecule has 8 nitrogen and oxygen atoms in total. The molecule has 0 heterocycles. The van der Waals surface area contributed by atoms with Gasteiger partial charge in [0.2, 0.25) is 0 Å². The van der Waals surface area contributed by atoms with Crippen molar-refractivity contribution in [2.24, 2.45) is 0 Å². The largest absolute Gasteiger partial charge is 0.480 e. The number of nitro groups is 1. The lowest BCUT2D eigenvalue weighted by molar-refractivity contribution is -0.388. The average molecular weight is 320 g/mol. The average Bonchev–Trinajstić information content (AvgIpc) is 2.34. The molecule has 0 fully saturated rings. The molecule has 1 N–H and O–H groups in total. The summed E-state index contributed by atoms with van der Waals surface area (Å²) >= 11 is 0. The Balaban J connectivity index is 3.48. The van der Waals surface area contributed by atoms with Crippen molar-refractivity contribution >= 4 is 21.7 Å². The molecule has 0 aliphatic rings. The number of halogens is 1. The Morgan fingerprint density at radius 2 is 2.05 bits per heavy atom. The van der Waals surface area contributed by atoms with Gasteiger partial charge in [-0.15, -0.1) is 0 Å². The summed E-state index contributed by atoms with van der Waals surface area (Å²) in [6.07, 6.45) is 0. The number of nitrogens with zero attached hydrogens (tertiary/aromatic N) is 2. The molecule has 0 saturated heterocycles. The summed E-state index contributed by atoms with van der Waals surface area (Å²) in [5, 5.41) is 19.6. The number of sulfonamides is 1. The van der Waals surface area contributed by atoms with Crippen LogP contribution in [0.3, 0.4) is 0 Å². The first-order chi connectivity index (χ1) is 9.57. The van der Waals surface area contributed by atoms with Gasteiger partial charge in [0.25, 0.3) is 15.7 Å². The van der Waals surface area contributed by atoms with E-state index in [-0.39, 0.29) is 0 Å². The third-order valence-electron chi connectivity index (χ3n) is 2.57. The number of benzene rings is 1. The maximum absolute atomic E-state index is 13.1. The Hall–Kier alpha value is -2.07. The molecule has 0 spiro atoms. The zero-order valence-corrected chi connectivity index (χ0v) is 12.0. The molecular weight excluding hydrogens is 307 g/mol. The Labute approximate surface area is 120 Å². The summed E-state index contributed by atoms with van der Waals surface area (Å²) in [5.74, 6) is -2.37. The van der Waals surface area contributed by atoms with Crippen LogP contribution in [0.1, 0.15) is 13.8 Å². The van der Waals surface area contributed by atoms with E-state index in [1.165, 1.54) is 13.8 Å². The standard InChI is InChI=1S/C11H13FN2O6S/c1-7(2)13(6-11(15)16)21(19,20)10-4-3-8(12)5-9(10)14(17)18/h3-5,7H,6H2,1-2H3,(H,15,16). The molecule has 0 radical (unpaired) electrons. The van der Waals surface area contributed by atoms with Gasteiger partial charge in [-0.25, -0.2) is 12.8 Å². The van der Waals surface area contributed by atoms with Gasteiger partial charge in [-0.1, -0.05) is 0 Å². The maximum atomic E-state index is 13.1. The van der Waals surface area contributed by atoms with Gasteiger partial charge < -0.3 is 5.11 Å². The molecule has 0 aromatic heterocycles. The van der Waals surface area contributed by atoms with Gasteiger partial charge in [0.1, 0.15) is 12.4 Å². The van der Waals surface area contributed by atoms with Crippen molar-refractivity contribution < 1.29 is 27.6 Å². The number of aliphatic carboxylic acids is 1. The van der Waals surface area contributed by atoms with E-state index in [2.05, 4.69) is 0 Å². The highest BCUT2D eigenvalue weighted by Gasteiger charge is 2.34. The van der Waals surface area contributed by atoms with Gasteiger partial charge in [0.15, 0.2) is 4.90 Å². The van der Waals surface area contributed by atoms with Crippen LogP contribution in [0.4, 0.5) is 10.1 Å². The Morgan fingerprint density at radius 1 is 1.48 bits per heavy atom. The summed E-state index contributed by atoms with van der Waals surface area (Å²) in [5.41, 5.74) is -0.939. The highest BCUT2D eigenvalue weighted by atomic mass is 32.2. The molecule has 1 rings (SSSR count). The zero-order chi connectivity index (χ0) is 16.4. The van der Waals surface area contributed by atoms with E-state index in [1.54, 1.807) is 0 Å². The Kier molecular flexibility index (Phi) is 4.97. The zero-order valence-electron chi connectivity index (χ0n) is 11.2. The van der Waals surface area contributed by atoms with E-state index in [0.717, 1.165) is 12.1 Å². The SMILES string of the molecule is CC(C)N(CC(=O)O)S(=O)(=O)c1ccc(F)cc1[N+](=O)[O-]. The van der Waals surface area contributed by atoms with E-state index < -0.39 is 49.9 Å². The molecule has 21 heavy (non-hydrogen) atoms. The number of carboxylic acid groups (broad SMARTS) is 1. The van der Waals surface area contributed by atoms with Crippen LogP contribution in [-0.2, 0) is 14.8 Å². The second-order valence-electron chi connectivity index (χ2n) is 4.41. The molecule has 0 bridgehead atoms. The molecule has 10 heteroatoms. The third-order valence-corrected chi connectivity index (χ3v) is 4.64. The Bertz CT molecular complexity index is 673. The number of hydrogen-bond acceptors (Lipinski definition) is 5. The first kappa shape index (κ1) is 17.0. The summed E-state index contributed by atoms with van der Waals surface area (Å²) in [7, 11) is -4.44. The van der Waals surface area contributed by atoms with E-state index >= 15 is 0 Å². The molecule has 1 aromatic carbocycles. The number of carboxylic acids is 1. The van der Waals surface area contributed by atoms with Crippen LogP contribution in [0.2, 0.25) is 0 Å². The predicted molar refractivity (Wildman–Crippen MR) is 69.7 cm³/mol. The smallest absolute Gasteiger partial charge is 0.318 e. The van der Waals surface area contributed by atoms with Gasteiger partial charge in [0.05, 0.1) is 11.0 Å². The normalized spacial score (nSPS) is 11.9. The molecule has 0 aliphatic heterocycles. The van der Waals surface area contributed by atoms with Gasteiger partial charge in [0, 0.05) is 6.04 Å². The molecule has 116 valence electrons. The summed E-state index contributed by atoms with van der Waals surface area (Å²) in [6.45, 7) is 2.00.